The van der Waals surface area contributed by atoms with Crippen molar-refractivity contribution in [1.82, 2.24) is 20.5 Å². The maximum atomic E-state index is 5.52. The van der Waals surface area contributed by atoms with Crippen LogP contribution in [0.25, 0.3) is 11.5 Å². The summed E-state index contributed by atoms with van der Waals surface area (Å²) in [6, 6.07) is 9.87. The van der Waals surface area contributed by atoms with Crippen LogP contribution in [0.15, 0.2) is 46.0 Å². The van der Waals surface area contributed by atoms with E-state index in [0.717, 1.165) is 36.7 Å². The van der Waals surface area contributed by atoms with Crippen LogP contribution in [0.5, 0.6) is 0 Å². The van der Waals surface area contributed by atoms with E-state index < -0.39 is 0 Å². The molecule has 0 amide bonds. The smallest absolute Gasteiger partial charge is 0.226 e. The monoisotopic (exact) mass is 443 g/mol. The van der Waals surface area contributed by atoms with Crippen LogP contribution in [0.4, 0.5) is 0 Å². The fourth-order valence-corrected chi connectivity index (χ4v) is 2.10. The van der Waals surface area contributed by atoms with Crippen LogP contribution in [0.2, 0.25) is 0 Å². The lowest BCUT2D eigenvalue weighted by atomic mass is 10.2. The van der Waals surface area contributed by atoms with Crippen LogP contribution in [-0.4, -0.2) is 50.1 Å². The van der Waals surface area contributed by atoms with E-state index in [9.17, 15) is 0 Å². The molecule has 1 aromatic heterocycles. The molecule has 0 aliphatic carbocycles. The Labute approximate surface area is 160 Å². The van der Waals surface area contributed by atoms with E-state index in [0.29, 0.717) is 12.4 Å². The number of hydrogen-bond acceptors (Lipinski definition) is 4. The molecule has 6 nitrogen and oxygen atoms in total. The first-order chi connectivity index (χ1) is 11.2. The number of aliphatic imine (C=N–C) groups is 1. The van der Waals surface area contributed by atoms with E-state index in [1.807, 2.05) is 30.3 Å². The molecule has 0 unspecified atom stereocenters. The van der Waals surface area contributed by atoms with E-state index in [1.165, 1.54) is 0 Å². The van der Waals surface area contributed by atoms with Gasteiger partial charge in [-0.1, -0.05) is 18.2 Å². The van der Waals surface area contributed by atoms with Crippen molar-refractivity contribution < 1.29 is 4.42 Å². The molecule has 132 valence electrons. The van der Waals surface area contributed by atoms with Gasteiger partial charge in [0.05, 0.1) is 12.2 Å². The summed E-state index contributed by atoms with van der Waals surface area (Å²) in [5.41, 5.74) is 1.82. The van der Waals surface area contributed by atoms with Crippen LogP contribution in [0, 0.1) is 0 Å². The molecule has 0 bridgehead atoms. The molecule has 1 heterocycles. The number of rotatable bonds is 7. The zero-order valence-corrected chi connectivity index (χ0v) is 16.8. The highest BCUT2D eigenvalue weighted by atomic mass is 127. The zero-order chi connectivity index (χ0) is 16.5. The number of hydrogen-bond donors (Lipinski definition) is 2. The number of nitrogens with zero attached hydrogens (tertiary/aromatic N) is 3. The molecule has 7 heteroatoms. The summed E-state index contributed by atoms with van der Waals surface area (Å²) in [5, 5.41) is 6.53. The van der Waals surface area contributed by atoms with Crippen molar-refractivity contribution in [2.24, 2.45) is 4.99 Å². The van der Waals surface area contributed by atoms with Gasteiger partial charge in [-0.05, 0) is 39.2 Å². The van der Waals surface area contributed by atoms with Gasteiger partial charge in [-0.3, -0.25) is 4.99 Å². The Balaban J connectivity index is 0.00000288. The number of aromatic nitrogens is 1. The normalized spacial score (nSPS) is 11.2. The molecule has 0 spiro atoms. The second-order valence-corrected chi connectivity index (χ2v) is 5.52. The molecule has 2 rings (SSSR count). The third-order valence-corrected chi connectivity index (χ3v) is 3.31. The van der Waals surface area contributed by atoms with Crippen molar-refractivity contribution in [2.45, 2.75) is 13.0 Å². The van der Waals surface area contributed by atoms with Crippen molar-refractivity contribution >= 4 is 29.9 Å². The Kier molecular flexibility index (Phi) is 9.39. The molecule has 2 N–H and O–H groups in total. The van der Waals surface area contributed by atoms with Gasteiger partial charge in [0.25, 0.3) is 0 Å². The van der Waals surface area contributed by atoms with E-state index in [4.69, 9.17) is 4.42 Å². The average molecular weight is 443 g/mol. The molecule has 0 atom stereocenters. The highest BCUT2D eigenvalue weighted by Gasteiger charge is 2.06. The van der Waals surface area contributed by atoms with Crippen molar-refractivity contribution in [2.75, 3.05) is 34.2 Å². The quantitative estimate of drug-likeness (QED) is 0.298. The van der Waals surface area contributed by atoms with Crippen molar-refractivity contribution in [3.05, 3.63) is 42.3 Å². The SMILES string of the molecule is CN=C(NCCCN(C)C)NCc1coc(-c2ccccc2)n1.I. The first-order valence-electron chi connectivity index (χ1n) is 7.78. The van der Waals surface area contributed by atoms with Crippen LogP contribution in [-0.2, 0) is 6.54 Å². The molecule has 0 aliphatic rings. The topological polar surface area (TPSA) is 65.7 Å². The first-order valence-corrected chi connectivity index (χ1v) is 7.78. The second-order valence-electron chi connectivity index (χ2n) is 5.52. The molecule has 0 radical (unpaired) electrons. The number of nitrogens with one attached hydrogen (secondary N) is 2. The predicted molar refractivity (Wildman–Crippen MR) is 109 cm³/mol. The molecule has 24 heavy (non-hydrogen) atoms. The summed E-state index contributed by atoms with van der Waals surface area (Å²) in [4.78, 5) is 10.9. The molecule has 0 saturated carbocycles. The van der Waals surface area contributed by atoms with Crippen LogP contribution in [0.1, 0.15) is 12.1 Å². The van der Waals surface area contributed by atoms with Crippen LogP contribution in [0.3, 0.4) is 0 Å². The van der Waals surface area contributed by atoms with Gasteiger partial charge >= 0.3 is 0 Å². The largest absolute Gasteiger partial charge is 0.444 e. The Morgan fingerprint density at radius 2 is 1.96 bits per heavy atom. The minimum absolute atomic E-state index is 0. The van der Waals surface area contributed by atoms with Gasteiger partial charge in [0.2, 0.25) is 5.89 Å². The van der Waals surface area contributed by atoms with Gasteiger partial charge in [-0.15, -0.1) is 24.0 Å². The molecular weight excluding hydrogens is 417 g/mol. The first kappa shape index (κ1) is 20.4. The van der Waals surface area contributed by atoms with Gasteiger partial charge in [-0.25, -0.2) is 4.98 Å². The van der Waals surface area contributed by atoms with E-state index >= 15 is 0 Å². The molecule has 0 saturated heterocycles. The Hall–Kier alpha value is -1.61. The predicted octanol–water partition coefficient (Wildman–Crippen LogP) is 2.58. The maximum Gasteiger partial charge on any atom is 0.226 e. The van der Waals surface area contributed by atoms with Crippen molar-refractivity contribution in [1.29, 1.82) is 0 Å². The molecular formula is C17H26IN5O. The van der Waals surface area contributed by atoms with Gasteiger partial charge in [0, 0.05) is 19.2 Å². The Bertz CT molecular complexity index is 612. The molecule has 0 aliphatic heterocycles. The van der Waals surface area contributed by atoms with E-state index in [2.05, 4.69) is 39.6 Å². The number of oxazole rings is 1. The fourth-order valence-electron chi connectivity index (χ4n) is 2.10. The minimum atomic E-state index is 0. The summed E-state index contributed by atoms with van der Waals surface area (Å²) in [5.74, 6) is 1.41. The Morgan fingerprint density at radius 3 is 2.62 bits per heavy atom. The van der Waals surface area contributed by atoms with Gasteiger partial charge in [0.1, 0.15) is 6.26 Å². The third kappa shape index (κ3) is 6.88. The minimum Gasteiger partial charge on any atom is -0.444 e. The number of benzene rings is 1. The van der Waals surface area contributed by atoms with E-state index in [1.54, 1.807) is 13.3 Å². The van der Waals surface area contributed by atoms with Gasteiger partial charge < -0.3 is 20.0 Å². The van der Waals surface area contributed by atoms with Crippen molar-refractivity contribution in [3.8, 4) is 11.5 Å². The third-order valence-electron chi connectivity index (χ3n) is 3.31. The fraction of sp³-hybridized carbons (Fsp3) is 0.412. The van der Waals surface area contributed by atoms with Crippen LogP contribution >= 0.6 is 24.0 Å². The Morgan fingerprint density at radius 1 is 1.21 bits per heavy atom. The molecule has 2 aromatic rings. The molecule has 0 fully saturated rings. The lowest BCUT2D eigenvalue weighted by Gasteiger charge is -2.12. The lowest BCUT2D eigenvalue weighted by molar-refractivity contribution is 0.399. The average Bonchev–Trinajstić information content (AvgIpc) is 3.04. The maximum absolute atomic E-state index is 5.52. The lowest BCUT2D eigenvalue weighted by Crippen LogP contribution is -2.38. The highest BCUT2D eigenvalue weighted by molar-refractivity contribution is 14.0. The number of halogens is 1. The summed E-state index contributed by atoms with van der Waals surface area (Å²) < 4.78 is 5.52. The summed E-state index contributed by atoms with van der Waals surface area (Å²) in [6.45, 7) is 2.50. The van der Waals surface area contributed by atoms with Gasteiger partial charge in [-0.2, -0.15) is 0 Å². The van der Waals surface area contributed by atoms with Crippen molar-refractivity contribution in [3.63, 3.8) is 0 Å². The van der Waals surface area contributed by atoms with E-state index in [-0.39, 0.29) is 24.0 Å². The highest BCUT2D eigenvalue weighted by Crippen LogP contribution is 2.17. The number of guanidine groups is 1. The summed E-state index contributed by atoms with van der Waals surface area (Å²) >= 11 is 0. The summed E-state index contributed by atoms with van der Waals surface area (Å²) in [7, 11) is 5.91. The second kappa shape index (κ2) is 11.0. The molecule has 1 aromatic carbocycles. The summed E-state index contributed by atoms with van der Waals surface area (Å²) in [6.07, 6.45) is 2.74. The van der Waals surface area contributed by atoms with Gasteiger partial charge in [0.15, 0.2) is 5.96 Å². The zero-order valence-electron chi connectivity index (χ0n) is 14.5. The standard InChI is InChI=1S/C17H25N5O.HI/c1-18-17(19-10-7-11-22(2)3)20-12-15-13-23-16(21-15)14-8-5-4-6-9-14;/h4-6,8-9,13H,7,10-12H2,1-3H3,(H2,18,19,20);1H. The van der Waals surface area contributed by atoms with Crippen LogP contribution < -0.4 is 10.6 Å².